The van der Waals surface area contributed by atoms with Crippen molar-refractivity contribution in [3.8, 4) is 5.75 Å². The molecule has 1 aliphatic carbocycles. The van der Waals surface area contributed by atoms with Crippen LogP contribution in [-0.2, 0) is 9.53 Å². The fraction of sp³-hybridized carbons (Fsp3) is 0.562. The number of carbonyl (C=O) groups excluding carboxylic acids is 1. The first-order valence-electron chi connectivity index (χ1n) is 7.31. The molecule has 0 heterocycles. The first-order chi connectivity index (χ1) is 9.74. The van der Waals surface area contributed by atoms with Gasteiger partial charge in [0, 0.05) is 11.8 Å². The molecular formula is C16H23NO3. The summed E-state index contributed by atoms with van der Waals surface area (Å²) in [5.74, 6) is 0.992. The summed E-state index contributed by atoms with van der Waals surface area (Å²) >= 11 is 0. The van der Waals surface area contributed by atoms with E-state index in [1.54, 1.807) is 7.11 Å². The number of anilines is 1. The molecule has 4 nitrogen and oxygen atoms in total. The van der Waals surface area contributed by atoms with Crippen LogP contribution in [0.5, 0.6) is 5.75 Å². The summed E-state index contributed by atoms with van der Waals surface area (Å²) in [7, 11) is 1.64. The van der Waals surface area contributed by atoms with Crippen molar-refractivity contribution in [3.05, 3.63) is 24.3 Å². The molecule has 1 N–H and O–H groups in total. The monoisotopic (exact) mass is 277 g/mol. The van der Waals surface area contributed by atoms with Crippen molar-refractivity contribution in [2.24, 2.45) is 5.92 Å². The molecule has 2 rings (SSSR count). The number of esters is 1. The molecule has 1 fully saturated rings. The van der Waals surface area contributed by atoms with Crippen LogP contribution in [0.1, 0.15) is 32.6 Å². The number of nitrogens with one attached hydrogen (secondary N) is 1. The minimum Gasteiger partial charge on any atom is -0.497 e. The molecule has 0 bridgehead atoms. The van der Waals surface area contributed by atoms with E-state index in [0.29, 0.717) is 12.5 Å². The zero-order valence-electron chi connectivity index (χ0n) is 12.2. The summed E-state index contributed by atoms with van der Waals surface area (Å²) < 4.78 is 10.4. The number of methoxy groups -OCH3 is 1. The number of carbonyl (C=O) groups is 1. The summed E-state index contributed by atoms with van der Waals surface area (Å²) in [5, 5.41) is 3.33. The zero-order valence-corrected chi connectivity index (χ0v) is 12.2. The van der Waals surface area contributed by atoms with Crippen molar-refractivity contribution in [2.45, 2.75) is 38.6 Å². The molecule has 0 amide bonds. The van der Waals surface area contributed by atoms with E-state index in [-0.39, 0.29) is 12.0 Å². The van der Waals surface area contributed by atoms with Crippen LogP contribution >= 0.6 is 0 Å². The Morgan fingerprint density at radius 2 is 2.15 bits per heavy atom. The summed E-state index contributed by atoms with van der Waals surface area (Å²) in [6.45, 7) is 2.26. The van der Waals surface area contributed by atoms with Gasteiger partial charge in [-0.2, -0.15) is 0 Å². The molecule has 0 aliphatic heterocycles. The van der Waals surface area contributed by atoms with Gasteiger partial charge in [0.2, 0.25) is 0 Å². The van der Waals surface area contributed by atoms with E-state index in [1.165, 1.54) is 12.8 Å². The fourth-order valence-corrected chi connectivity index (χ4v) is 2.78. The van der Waals surface area contributed by atoms with E-state index in [1.807, 2.05) is 31.2 Å². The Labute approximate surface area is 120 Å². The van der Waals surface area contributed by atoms with Gasteiger partial charge < -0.3 is 14.8 Å². The standard InChI is InChI=1S/C16H23NO3/c1-3-20-16(18)15(12-7-4-5-8-12)17-13-9-6-10-14(11-13)19-2/h6,9-12,15,17H,3-5,7-8H2,1-2H3. The van der Waals surface area contributed by atoms with E-state index in [4.69, 9.17) is 9.47 Å². The maximum Gasteiger partial charge on any atom is 0.328 e. The first kappa shape index (κ1) is 14.7. The highest BCUT2D eigenvalue weighted by Crippen LogP contribution is 2.30. The van der Waals surface area contributed by atoms with Crippen LogP contribution in [0, 0.1) is 5.92 Å². The summed E-state index contributed by atoms with van der Waals surface area (Å²) in [5.41, 5.74) is 0.898. The Kier molecular flexibility index (Phi) is 5.27. The molecule has 110 valence electrons. The van der Waals surface area contributed by atoms with Gasteiger partial charge in [0.25, 0.3) is 0 Å². The van der Waals surface area contributed by atoms with Crippen LogP contribution in [0.3, 0.4) is 0 Å². The van der Waals surface area contributed by atoms with E-state index < -0.39 is 0 Å². The minimum absolute atomic E-state index is 0.151. The number of hydrogen-bond acceptors (Lipinski definition) is 4. The number of hydrogen-bond donors (Lipinski definition) is 1. The molecule has 0 aromatic heterocycles. The quantitative estimate of drug-likeness (QED) is 0.811. The van der Waals surface area contributed by atoms with Crippen molar-refractivity contribution < 1.29 is 14.3 Å². The molecule has 20 heavy (non-hydrogen) atoms. The average Bonchev–Trinajstić information content (AvgIpc) is 2.99. The van der Waals surface area contributed by atoms with Crippen LogP contribution in [0.25, 0.3) is 0 Å². The highest BCUT2D eigenvalue weighted by molar-refractivity contribution is 5.80. The third-order valence-electron chi connectivity index (χ3n) is 3.80. The third kappa shape index (κ3) is 3.65. The Bertz CT molecular complexity index is 441. The Morgan fingerprint density at radius 3 is 2.80 bits per heavy atom. The van der Waals surface area contributed by atoms with Crippen LogP contribution in [-0.4, -0.2) is 25.7 Å². The maximum atomic E-state index is 12.2. The minimum atomic E-state index is -0.260. The Morgan fingerprint density at radius 1 is 1.40 bits per heavy atom. The topological polar surface area (TPSA) is 47.6 Å². The highest BCUT2D eigenvalue weighted by atomic mass is 16.5. The lowest BCUT2D eigenvalue weighted by atomic mass is 9.98. The number of rotatable bonds is 6. The number of benzene rings is 1. The van der Waals surface area contributed by atoms with Gasteiger partial charge in [-0.1, -0.05) is 18.9 Å². The predicted octanol–water partition coefficient (Wildman–Crippen LogP) is 3.23. The molecule has 1 aromatic rings. The molecule has 1 saturated carbocycles. The van der Waals surface area contributed by atoms with E-state index in [9.17, 15) is 4.79 Å². The lowest BCUT2D eigenvalue weighted by Gasteiger charge is -2.24. The fourth-order valence-electron chi connectivity index (χ4n) is 2.78. The van der Waals surface area contributed by atoms with Gasteiger partial charge in [-0.3, -0.25) is 0 Å². The van der Waals surface area contributed by atoms with E-state index in [0.717, 1.165) is 24.3 Å². The van der Waals surface area contributed by atoms with Gasteiger partial charge >= 0.3 is 5.97 Å². The smallest absolute Gasteiger partial charge is 0.328 e. The van der Waals surface area contributed by atoms with E-state index in [2.05, 4.69) is 5.32 Å². The third-order valence-corrected chi connectivity index (χ3v) is 3.80. The SMILES string of the molecule is CCOC(=O)C(Nc1cccc(OC)c1)C1CCCC1. The van der Waals surface area contributed by atoms with Gasteiger partial charge in [0.15, 0.2) is 0 Å². The Hall–Kier alpha value is -1.71. The van der Waals surface area contributed by atoms with Crippen LogP contribution in [0.4, 0.5) is 5.69 Å². The van der Waals surface area contributed by atoms with Crippen LogP contribution in [0.15, 0.2) is 24.3 Å². The summed E-state index contributed by atoms with van der Waals surface area (Å²) in [6.07, 6.45) is 4.56. The largest absolute Gasteiger partial charge is 0.497 e. The first-order valence-corrected chi connectivity index (χ1v) is 7.31. The number of ether oxygens (including phenoxy) is 2. The highest BCUT2D eigenvalue weighted by Gasteiger charge is 2.31. The molecule has 1 aromatic carbocycles. The molecule has 1 unspecified atom stereocenters. The van der Waals surface area contributed by atoms with Gasteiger partial charge in [-0.15, -0.1) is 0 Å². The molecule has 1 aliphatic rings. The average molecular weight is 277 g/mol. The van der Waals surface area contributed by atoms with E-state index >= 15 is 0 Å². The lowest BCUT2D eigenvalue weighted by Crippen LogP contribution is -2.37. The van der Waals surface area contributed by atoms with Crippen molar-refractivity contribution >= 4 is 11.7 Å². The molecular weight excluding hydrogens is 254 g/mol. The van der Waals surface area contributed by atoms with Crippen molar-refractivity contribution in [2.75, 3.05) is 19.0 Å². The van der Waals surface area contributed by atoms with Gasteiger partial charge in [-0.25, -0.2) is 4.79 Å². The van der Waals surface area contributed by atoms with Crippen molar-refractivity contribution in [3.63, 3.8) is 0 Å². The molecule has 0 radical (unpaired) electrons. The van der Waals surface area contributed by atoms with Crippen molar-refractivity contribution in [1.82, 2.24) is 0 Å². The molecule has 1 atom stereocenters. The Balaban J connectivity index is 2.11. The summed E-state index contributed by atoms with van der Waals surface area (Å²) in [6, 6.07) is 7.40. The second-order valence-corrected chi connectivity index (χ2v) is 5.15. The lowest BCUT2D eigenvalue weighted by molar-refractivity contribution is -0.145. The molecule has 0 saturated heterocycles. The van der Waals surface area contributed by atoms with Gasteiger partial charge in [-0.05, 0) is 37.8 Å². The zero-order chi connectivity index (χ0) is 14.4. The second kappa shape index (κ2) is 7.17. The molecule has 4 heteroatoms. The predicted molar refractivity (Wildman–Crippen MR) is 79.0 cm³/mol. The van der Waals surface area contributed by atoms with Gasteiger partial charge in [0.05, 0.1) is 13.7 Å². The van der Waals surface area contributed by atoms with Gasteiger partial charge in [0.1, 0.15) is 11.8 Å². The maximum absolute atomic E-state index is 12.2. The molecule has 0 spiro atoms. The van der Waals surface area contributed by atoms with Crippen LogP contribution < -0.4 is 10.1 Å². The second-order valence-electron chi connectivity index (χ2n) is 5.15. The van der Waals surface area contributed by atoms with Crippen LogP contribution in [0.2, 0.25) is 0 Å². The van der Waals surface area contributed by atoms with Crippen molar-refractivity contribution in [1.29, 1.82) is 0 Å². The summed E-state index contributed by atoms with van der Waals surface area (Å²) in [4.78, 5) is 12.2. The normalized spacial score (nSPS) is 16.7.